The average molecular weight is 314 g/mol. The summed E-state index contributed by atoms with van der Waals surface area (Å²) < 4.78 is 2.01. The Morgan fingerprint density at radius 3 is 2.83 bits per heavy atom. The van der Waals surface area contributed by atoms with Gasteiger partial charge in [-0.1, -0.05) is 0 Å². The minimum Gasteiger partial charge on any atom is -0.337 e. The molecule has 3 rings (SSSR count). The van der Waals surface area contributed by atoms with Crippen molar-refractivity contribution in [3.63, 3.8) is 0 Å². The second-order valence-corrected chi connectivity index (χ2v) is 5.96. The van der Waals surface area contributed by atoms with E-state index in [4.69, 9.17) is 0 Å². The highest BCUT2D eigenvalue weighted by Crippen LogP contribution is 2.23. The van der Waals surface area contributed by atoms with Crippen molar-refractivity contribution >= 4 is 11.7 Å². The molecule has 1 saturated heterocycles. The van der Waals surface area contributed by atoms with E-state index in [2.05, 4.69) is 27.2 Å². The molecule has 1 fully saturated rings. The Morgan fingerprint density at radius 2 is 2.13 bits per heavy atom. The lowest BCUT2D eigenvalue weighted by Crippen LogP contribution is -2.50. The van der Waals surface area contributed by atoms with Crippen LogP contribution in [0.5, 0.6) is 0 Å². The number of imidazole rings is 1. The Hall–Kier alpha value is -2.41. The highest BCUT2D eigenvalue weighted by molar-refractivity contribution is 5.90. The number of aryl methyl sites for hydroxylation is 2. The molecule has 7 nitrogen and oxygen atoms in total. The van der Waals surface area contributed by atoms with Gasteiger partial charge in [0.1, 0.15) is 5.82 Å². The molecule has 1 aliphatic rings. The van der Waals surface area contributed by atoms with E-state index in [1.165, 1.54) is 0 Å². The highest BCUT2D eigenvalue weighted by atomic mass is 16.2. The number of pyridine rings is 1. The number of urea groups is 1. The predicted molar refractivity (Wildman–Crippen MR) is 88.1 cm³/mol. The predicted octanol–water partition coefficient (Wildman–Crippen LogP) is 1.64. The zero-order valence-corrected chi connectivity index (χ0v) is 13.7. The van der Waals surface area contributed by atoms with Crippen molar-refractivity contribution in [1.29, 1.82) is 0 Å². The first-order valence-corrected chi connectivity index (χ1v) is 7.70. The number of rotatable bonds is 2. The SMILES string of the molecule is Cc1ccncc1NC(=O)N1CCN(C)[C@@H](c2nccn2C)C1. The van der Waals surface area contributed by atoms with Gasteiger partial charge < -0.3 is 14.8 Å². The van der Waals surface area contributed by atoms with Gasteiger partial charge >= 0.3 is 6.03 Å². The number of hydrogen-bond acceptors (Lipinski definition) is 4. The maximum atomic E-state index is 12.6. The molecule has 0 bridgehead atoms. The first-order chi connectivity index (χ1) is 11.1. The minimum atomic E-state index is -0.0894. The topological polar surface area (TPSA) is 66.3 Å². The van der Waals surface area contributed by atoms with Gasteiger partial charge in [0.2, 0.25) is 0 Å². The molecule has 1 aliphatic heterocycles. The van der Waals surface area contributed by atoms with Gasteiger partial charge in [0, 0.05) is 45.3 Å². The van der Waals surface area contributed by atoms with Crippen LogP contribution in [0.2, 0.25) is 0 Å². The van der Waals surface area contributed by atoms with Crippen molar-refractivity contribution in [2.24, 2.45) is 7.05 Å². The fourth-order valence-corrected chi connectivity index (χ4v) is 2.82. The molecule has 7 heteroatoms. The fraction of sp³-hybridized carbons (Fsp3) is 0.438. The summed E-state index contributed by atoms with van der Waals surface area (Å²) in [6.07, 6.45) is 7.12. The van der Waals surface area contributed by atoms with Crippen LogP contribution in [0.25, 0.3) is 0 Å². The second kappa shape index (κ2) is 6.37. The highest BCUT2D eigenvalue weighted by Gasteiger charge is 2.30. The third kappa shape index (κ3) is 3.19. The van der Waals surface area contributed by atoms with Crippen LogP contribution in [0, 0.1) is 6.92 Å². The molecule has 0 aliphatic carbocycles. The third-order valence-corrected chi connectivity index (χ3v) is 4.37. The molecule has 2 aromatic rings. The van der Waals surface area contributed by atoms with E-state index in [1.807, 2.05) is 35.7 Å². The first kappa shape index (κ1) is 15.5. The number of hydrogen-bond donors (Lipinski definition) is 1. The summed E-state index contributed by atoms with van der Waals surface area (Å²) in [5.74, 6) is 0.975. The van der Waals surface area contributed by atoms with E-state index in [0.717, 1.165) is 23.6 Å². The number of carbonyl (C=O) groups is 1. The lowest BCUT2D eigenvalue weighted by molar-refractivity contribution is 0.110. The number of aromatic nitrogens is 3. The maximum Gasteiger partial charge on any atom is 0.322 e. The van der Waals surface area contributed by atoms with E-state index in [-0.39, 0.29) is 12.1 Å². The van der Waals surface area contributed by atoms with Crippen LogP contribution < -0.4 is 5.32 Å². The molecule has 0 saturated carbocycles. The Morgan fingerprint density at radius 1 is 1.30 bits per heavy atom. The molecule has 2 aromatic heterocycles. The molecule has 1 N–H and O–H groups in total. The van der Waals surface area contributed by atoms with Gasteiger partial charge in [0.15, 0.2) is 0 Å². The number of nitrogens with zero attached hydrogens (tertiary/aromatic N) is 5. The standard InChI is InChI=1S/C16H22N6O/c1-12-4-5-17-10-13(12)19-16(23)22-9-8-20(2)14(11-22)15-18-6-7-21(15)3/h4-7,10,14H,8-9,11H2,1-3H3,(H,19,23)/t14-/m1/s1. The van der Waals surface area contributed by atoms with E-state index in [0.29, 0.717) is 13.1 Å². The van der Waals surface area contributed by atoms with E-state index in [9.17, 15) is 4.79 Å². The normalized spacial score (nSPS) is 18.9. The Balaban J connectivity index is 1.72. The van der Waals surface area contributed by atoms with E-state index >= 15 is 0 Å². The van der Waals surface area contributed by atoms with Crippen LogP contribution in [0.15, 0.2) is 30.9 Å². The van der Waals surface area contributed by atoms with Gasteiger partial charge in [-0.05, 0) is 25.6 Å². The number of piperazine rings is 1. The monoisotopic (exact) mass is 314 g/mol. The Kier molecular flexibility index (Phi) is 4.29. The number of carbonyl (C=O) groups excluding carboxylic acids is 1. The van der Waals surface area contributed by atoms with E-state index < -0.39 is 0 Å². The van der Waals surface area contributed by atoms with Crippen LogP contribution in [-0.2, 0) is 7.05 Å². The van der Waals surface area contributed by atoms with Crippen molar-refractivity contribution in [3.8, 4) is 0 Å². The summed E-state index contributed by atoms with van der Waals surface area (Å²) in [5, 5.41) is 2.95. The molecular formula is C16H22N6O. The Bertz CT molecular complexity index is 697. The zero-order valence-electron chi connectivity index (χ0n) is 13.7. The van der Waals surface area contributed by atoms with Crippen molar-refractivity contribution in [1.82, 2.24) is 24.3 Å². The van der Waals surface area contributed by atoms with Crippen LogP contribution in [0.1, 0.15) is 17.4 Å². The number of amides is 2. The van der Waals surface area contributed by atoms with Crippen molar-refractivity contribution < 1.29 is 4.79 Å². The summed E-state index contributed by atoms with van der Waals surface area (Å²) in [6.45, 7) is 4.09. The lowest BCUT2D eigenvalue weighted by Gasteiger charge is -2.38. The quantitative estimate of drug-likeness (QED) is 0.915. The molecule has 122 valence electrons. The van der Waals surface area contributed by atoms with Crippen molar-refractivity contribution in [3.05, 3.63) is 42.2 Å². The minimum absolute atomic E-state index is 0.0894. The number of nitrogens with one attached hydrogen (secondary N) is 1. The fourth-order valence-electron chi connectivity index (χ4n) is 2.82. The first-order valence-electron chi connectivity index (χ1n) is 7.70. The van der Waals surface area contributed by atoms with Gasteiger partial charge in [0.05, 0.1) is 17.9 Å². The summed E-state index contributed by atoms with van der Waals surface area (Å²) in [4.78, 5) is 25.1. The summed E-state index contributed by atoms with van der Waals surface area (Å²) >= 11 is 0. The second-order valence-electron chi connectivity index (χ2n) is 5.96. The van der Waals surface area contributed by atoms with Gasteiger partial charge in [-0.3, -0.25) is 9.88 Å². The molecule has 0 radical (unpaired) electrons. The molecule has 2 amide bonds. The smallest absolute Gasteiger partial charge is 0.322 e. The Labute approximate surface area is 135 Å². The van der Waals surface area contributed by atoms with Gasteiger partial charge in [-0.2, -0.15) is 0 Å². The lowest BCUT2D eigenvalue weighted by atomic mass is 10.1. The average Bonchev–Trinajstić information content (AvgIpc) is 2.96. The molecule has 23 heavy (non-hydrogen) atoms. The van der Waals surface area contributed by atoms with Gasteiger partial charge in [-0.25, -0.2) is 9.78 Å². The zero-order chi connectivity index (χ0) is 16.4. The molecule has 0 aromatic carbocycles. The molecule has 1 atom stereocenters. The van der Waals surface area contributed by atoms with Crippen LogP contribution in [0.4, 0.5) is 10.5 Å². The molecule has 3 heterocycles. The summed E-state index contributed by atoms with van der Waals surface area (Å²) in [6, 6.07) is 1.90. The third-order valence-electron chi connectivity index (χ3n) is 4.37. The summed E-state index contributed by atoms with van der Waals surface area (Å²) in [7, 11) is 4.05. The molecular weight excluding hydrogens is 292 g/mol. The van der Waals surface area contributed by atoms with Crippen LogP contribution >= 0.6 is 0 Å². The summed E-state index contributed by atoms with van der Waals surface area (Å²) in [5.41, 5.74) is 1.76. The van der Waals surface area contributed by atoms with Crippen molar-refractivity contribution in [2.45, 2.75) is 13.0 Å². The van der Waals surface area contributed by atoms with Crippen LogP contribution in [-0.4, -0.2) is 57.0 Å². The van der Waals surface area contributed by atoms with Gasteiger partial charge in [-0.15, -0.1) is 0 Å². The molecule has 0 spiro atoms. The van der Waals surface area contributed by atoms with E-state index in [1.54, 1.807) is 18.6 Å². The van der Waals surface area contributed by atoms with Gasteiger partial charge in [0.25, 0.3) is 0 Å². The number of anilines is 1. The number of likely N-dealkylation sites (N-methyl/N-ethyl adjacent to an activating group) is 1. The van der Waals surface area contributed by atoms with Crippen molar-refractivity contribution in [2.75, 3.05) is 32.0 Å². The van der Waals surface area contributed by atoms with Crippen LogP contribution in [0.3, 0.4) is 0 Å². The molecule has 0 unspecified atom stereocenters. The largest absolute Gasteiger partial charge is 0.337 e. The maximum absolute atomic E-state index is 12.6.